The molecule has 9 nitrogen and oxygen atoms in total. The fourth-order valence-corrected chi connectivity index (χ4v) is 5.34. The van der Waals surface area contributed by atoms with Crippen molar-refractivity contribution in [3.05, 3.63) is 81.3 Å². The van der Waals surface area contributed by atoms with E-state index in [2.05, 4.69) is 40.8 Å². The minimum absolute atomic E-state index is 0.0784. The molecular weight excluding hydrogens is 510 g/mol. The van der Waals surface area contributed by atoms with Gasteiger partial charge in [0.25, 0.3) is 0 Å². The van der Waals surface area contributed by atoms with E-state index in [9.17, 15) is 9.59 Å². The van der Waals surface area contributed by atoms with Gasteiger partial charge in [-0.25, -0.2) is 19.7 Å². The number of pyridine rings is 1. The molecule has 4 aromatic heterocycles. The predicted molar refractivity (Wildman–Crippen MR) is 137 cm³/mol. The molecule has 0 bridgehead atoms. The summed E-state index contributed by atoms with van der Waals surface area (Å²) >= 11 is 3.50. The van der Waals surface area contributed by atoms with Crippen molar-refractivity contribution in [2.24, 2.45) is 7.05 Å². The van der Waals surface area contributed by atoms with Crippen LogP contribution in [0.15, 0.2) is 64.4 Å². The SMILES string of the molecule is Cn1cc(C(=O)c2cc(N3CCC(n4c(=O)[nH]c5ncccc54)CC3)ncn2)c2ccc(Br)cc21. The number of ketones is 1. The number of carbonyl (C=O) groups excluding carboxylic acids is 1. The van der Waals surface area contributed by atoms with Crippen molar-refractivity contribution in [2.75, 3.05) is 18.0 Å². The zero-order chi connectivity index (χ0) is 24.1. The predicted octanol–water partition coefficient (Wildman–Crippen LogP) is 3.84. The number of aryl methyl sites for hydroxylation is 1. The van der Waals surface area contributed by atoms with E-state index in [0.29, 0.717) is 16.9 Å². The van der Waals surface area contributed by atoms with Gasteiger partial charge >= 0.3 is 5.69 Å². The van der Waals surface area contributed by atoms with Gasteiger partial charge in [-0.2, -0.15) is 0 Å². The lowest BCUT2D eigenvalue weighted by Crippen LogP contribution is -2.37. The lowest BCUT2D eigenvalue weighted by Gasteiger charge is -2.33. The second kappa shape index (κ2) is 8.46. The summed E-state index contributed by atoms with van der Waals surface area (Å²) in [5.74, 6) is 0.590. The van der Waals surface area contributed by atoms with Crippen molar-refractivity contribution in [3.8, 4) is 0 Å². The topological polar surface area (TPSA) is 102 Å². The molecule has 176 valence electrons. The number of imidazole rings is 1. The molecule has 1 aliphatic rings. The Kier molecular flexibility index (Phi) is 5.25. The maximum Gasteiger partial charge on any atom is 0.327 e. The molecule has 0 unspecified atom stereocenters. The minimum Gasteiger partial charge on any atom is -0.356 e. The van der Waals surface area contributed by atoms with Crippen molar-refractivity contribution in [2.45, 2.75) is 18.9 Å². The average Bonchev–Trinajstić information content (AvgIpc) is 3.39. The second-order valence-corrected chi connectivity index (χ2v) is 9.71. The van der Waals surface area contributed by atoms with Crippen LogP contribution in [0.4, 0.5) is 5.82 Å². The Morgan fingerprint density at radius 3 is 2.74 bits per heavy atom. The molecule has 0 atom stereocenters. The Morgan fingerprint density at radius 1 is 1.09 bits per heavy atom. The number of halogens is 1. The first-order chi connectivity index (χ1) is 17.0. The normalized spacial score (nSPS) is 14.7. The maximum atomic E-state index is 13.4. The van der Waals surface area contributed by atoms with Gasteiger partial charge in [-0.3, -0.25) is 14.3 Å². The number of nitrogens with one attached hydrogen (secondary N) is 1. The van der Waals surface area contributed by atoms with Gasteiger partial charge in [0.1, 0.15) is 17.8 Å². The third kappa shape index (κ3) is 3.74. The van der Waals surface area contributed by atoms with Gasteiger partial charge in [-0.1, -0.05) is 22.0 Å². The third-order valence-corrected chi connectivity index (χ3v) is 7.22. The first-order valence-electron chi connectivity index (χ1n) is 11.4. The highest BCUT2D eigenvalue weighted by atomic mass is 79.9. The Balaban J connectivity index is 1.24. The van der Waals surface area contributed by atoms with Gasteiger partial charge < -0.3 is 9.47 Å². The molecule has 1 saturated heterocycles. The van der Waals surface area contributed by atoms with Crippen LogP contribution in [0.1, 0.15) is 34.9 Å². The number of rotatable bonds is 4. The van der Waals surface area contributed by atoms with Crippen LogP contribution in [0.3, 0.4) is 0 Å². The number of aromatic nitrogens is 6. The van der Waals surface area contributed by atoms with Crippen LogP contribution in [-0.4, -0.2) is 47.9 Å². The smallest absolute Gasteiger partial charge is 0.327 e. The van der Waals surface area contributed by atoms with E-state index in [1.807, 2.05) is 52.7 Å². The summed E-state index contributed by atoms with van der Waals surface area (Å²) in [6.45, 7) is 1.44. The van der Waals surface area contributed by atoms with E-state index in [-0.39, 0.29) is 17.5 Å². The first-order valence-corrected chi connectivity index (χ1v) is 12.2. The van der Waals surface area contributed by atoms with Crippen LogP contribution in [0, 0.1) is 0 Å². The van der Waals surface area contributed by atoms with E-state index < -0.39 is 0 Å². The molecule has 1 fully saturated rings. The number of nitrogens with zero attached hydrogens (tertiary/aromatic N) is 6. The molecule has 10 heteroatoms. The lowest BCUT2D eigenvalue weighted by molar-refractivity contribution is 0.103. The number of fused-ring (bicyclic) bond motifs is 2. The van der Waals surface area contributed by atoms with Crippen LogP contribution >= 0.6 is 15.9 Å². The van der Waals surface area contributed by atoms with Gasteiger partial charge in [0.2, 0.25) is 5.78 Å². The van der Waals surface area contributed by atoms with Crippen LogP contribution < -0.4 is 10.6 Å². The summed E-state index contributed by atoms with van der Waals surface area (Å²) in [4.78, 5) is 43.9. The molecule has 6 rings (SSSR count). The summed E-state index contributed by atoms with van der Waals surface area (Å²) < 4.78 is 4.72. The first kappa shape index (κ1) is 21.7. The molecule has 35 heavy (non-hydrogen) atoms. The highest BCUT2D eigenvalue weighted by molar-refractivity contribution is 9.10. The largest absolute Gasteiger partial charge is 0.356 e. The monoisotopic (exact) mass is 531 g/mol. The number of benzene rings is 1. The molecule has 5 heterocycles. The van der Waals surface area contributed by atoms with E-state index >= 15 is 0 Å². The highest BCUT2D eigenvalue weighted by Gasteiger charge is 2.25. The Morgan fingerprint density at radius 2 is 1.91 bits per heavy atom. The van der Waals surface area contributed by atoms with Gasteiger partial charge in [0.15, 0.2) is 5.65 Å². The molecule has 0 spiro atoms. The number of carbonyl (C=O) groups is 1. The lowest BCUT2D eigenvalue weighted by atomic mass is 10.0. The van der Waals surface area contributed by atoms with E-state index in [4.69, 9.17) is 0 Å². The van der Waals surface area contributed by atoms with E-state index in [0.717, 1.165) is 52.6 Å². The van der Waals surface area contributed by atoms with Gasteiger partial charge in [-0.05, 0) is 37.1 Å². The molecule has 1 aliphatic heterocycles. The van der Waals surface area contributed by atoms with E-state index in [1.165, 1.54) is 6.33 Å². The number of piperidine rings is 1. The maximum absolute atomic E-state index is 13.4. The molecule has 1 aromatic carbocycles. The summed E-state index contributed by atoms with van der Waals surface area (Å²) in [5.41, 5.74) is 3.26. The van der Waals surface area contributed by atoms with E-state index in [1.54, 1.807) is 12.3 Å². The Bertz CT molecular complexity index is 1640. The van der Waals surface area contributed by atoms with Crippen LogP contribution in [0.25, 0.3) is 22.1 Å². The molecule has 0 amide bonds. The summed E-state index contributed by atoms with van der Waals surface area (Å²) in [6.07, 6.45) is 6.55. The fourth-order valence-electron chi connectivity index (χ4n) is 4.99. The van der Waals surface area contributed by atoms with Crippen LogP contribution in [-0.2, 0) is 7.05 Å². The summed E-state index contributed by atoms with van der Waals surface area (Å²) in [7, 11) is 1.93. The number of anilines is 1. The molecule has 1 N–H and O–H groups in total. The highest BCUT2D eigenvalue weighted by Crippen LogP contribution is 2.29. The third-order valence-electron chi connectivity index (χ3n) is 6.73. The molecule has 5 aromatic rings. The van der Waals surface area contributed by atoms with Crippen LogP contribution in [0.5, 0.6) is 0 Å². The number of aromatic amines is 1. The van der Waals surface area contributed by atoms with Crippen molar-refractivity contribution in [1.29, 1.82) is 0 Å². The van der Waals surface area contributed by atoms with Crippen molar-refractivity contribution < 1.29 is 4.79 Å². The molecule has 0 radical (unpaired) electrons. The van der Waals surface area contributed by atoms with Crippen molar-refractivity contribution in [1.82, 2.24) is 29.1 Å². The Labute approximate surface area is 208 Å². The summed E-state index contributed by atoms with van der Waals surface area (Å²) in [6, 6.07) is 11.5. The van der Waals surface area contributed by atoms with Gasteiger partial charge in [0.05, 0.1) is 5.52 Å². The van der Waals surface area contributed by atoms with Crippen LogP contribution in [0.2, 0.25) is 0 Å². The van der Waals surface area contributed by atoms with Gasteiger partial charge in [0, 0.05) is 65.6 Å². The number of hydrogen-bond acceptors (Lipinski definition) is 6. The van der Waals surface area contributed by atoms with Gasteiger partial charge in [-0.15, -0.1) is 0 Å². The quantitative estimate of drug-likeness (QED) is 0.353. The minimum atomic E-state index is -0.130. The Hall–Kier alpha value is -3.79. The fraction of sp³-hybridized carbons (Fsp3) is 0.240. The number of H-pyrrole nitrogens is 1. The molecule has 0 saturated carbocycles. The van der Waals surface area contributed by atoms with Crippen molar-refractivity contribution in [3.63, 3.8) is 0 Å². The zero-order valence-corrected chi connectivity index (χ0v) is 20.6. The van der Waals surface area contributed by atoms with Crippen molar-refractivity contribution >= 4 is 49.6 Å². The molecule has 0 aliphatic carbocycles. The second-order valence-electron chi connectivity index (χ2n) is 8.80. The molecular formula is C25H22BrN7O2. The average molecular weight is 532 g/mol. The zero-order valence-electron chi connectivity index (χ0n) is 19.0. The summed E-state index contributed by atoms with van der Waals surface area (Å²) in [5, 5.41) is 0.889. The standard InChI is InChI=1S/C25H22BrN7O2/c1-31-13-18(17-5-4-15(26)11-21(17)31)23(34)19-12-22(29-14-28-19)32-9-6-16(7-10-32)33-20-3-2-8-27-24(20)30-25(33)35/h2-5,8,11-14,16H,6-7,9-10H2,1H3,(H,27,30,35). The number of hydrogen-bond donors (Lipinski definition) is 1.